The van der Waals surface area contributed by atoms with Gasteiger partial charge < -0.3 is 9.30 Å². The zero-order chi connectivity index (χ0) is 22.8. The molecule has 1 atom stereocenters. The molecule has 0 radical (unpaired) electrons. The van der Waals surface area contributed by atoms with Crippen LogP contribution in [0.2, 0.25) is 0 Å². The Labute approximate surface area is 178 Å². The lowest BCUT2D eigenvalue weighted by Gasteiger charge is -2.27. The molecule has 2 nitrogen and oxygen atoms in total. The van der Waals surface area contributed by atoms with Crippen LogP contribution in [0.15, 0.2) is 48.5 Å². The highest BCUT2D eigenvalue weighted by Gasteiger charge is 2.31. The van der Waals surface area contributed by atoms with Gasteiger partial charge in [-0.05, 0) is 53.6 Å². The Morgan fingerprint density at radius 1 is 0.867 bits per heavy atom. The number of alkyl halides is 3. The van der Waals surface area contributed by atoms with Crippen molar-refractivity contribution in [3.05, 3.63) is 59.7 Å². The van der Waals surface area contributed by atoms with E-state index in [9.17, 15) is 17.7 Å². The summed E-state index contributed by atoms with van der Waals surface area (Å²) in [6, 6.07) is 14.0. The van der Waals surface area contributed by atoms with Crippen molar-refractivity contribution in [1.29, 1.82) is 0 Å². The number of rotatable bonds is 7. The second kappa shape index (κ2) is 8.78. The summed E-state index contributed by atoms with van der Waals surface area (Å²) in [5.41, 5.74) is 2.06. The lowest BCUT2D eigenvalue weighted by atomic mass is 9.83. The van der Waals surface area contributed by atoms with E-state index in [-0.39, 0.29) is 16.6 Å². The van der Waals surface area contributed by atoms with Gasteiger partial charge in [0.1, 0.15) is 12.9 Å². The Balaban J connectivity index is 2.00. The zero-order valence-corrected chi connectivity index (χ0v) is 19.5. The number of ether oxygens (including phenoxy) is 1. The molecule has 0 fully saturated rings. The van der Waals surface area contributed by atoms with Gasteiger partial charge in [-0.1, -0.05) is 71.0 Å². The summed E-state index contributed by atoms with van der Waals surface area (Å²) in [6.07, 6.45) is -2.66. The van der Waals surface area contributed by atoms with Gasteiger partial charge >= 0.3 is 6.36 Å². The third kappa shape index (κ3) is 7.50. The quantitative estimate of drug-likeness (QED) is 0.427. The minimum Gasteiger partial charge on any atom is -0.406 e. The van der Waals surface area contributed by atoms with E-state index in [1.165, 1.54) is 17.7 Å². The fraction of sp³-hybridized carbons (Fsp3) is 0.500. The van der Waals surface area contributed by atoms with Gasteiger partial charge in [0.05, 0.1) is 0 Å². The van der Waals surface area contributed by atoms with E-state index in [0.29, 0.717) is 12.6 Å². The molecule has 0 aliphatic rings. The topological polar surface area (TPSA) is 26.3 Å². The van der Waals surface area contributed by atoms with Crippen molar-refractivity contribution in [2.75, 3.05) is 12.8 Å². The second-order valence-electron chi connectivity index (χ2n) is 9.90. The van der Waals surface area contributed by atoms with Gasteiger partial charge in [-0.2, -0.15) is 0 Å². The summed E-state index contributed by atoms with van der Waals surface area (Å²) in [4.78, 5) is 0. The van der Waals surface area contributed by atoms with E-state index in [1.807, 2.05) is 18.8 Å². The van der Waals surface area contributed by atoms with Crippen molar-refractivity contribution in [3.63, 3.8) is 0 Å². The van der Waals surface area contributed by atoms with Gasteiger partial charge in [0.2, 0.25) is 0 Å². The molecule has 0 aliphatic carbocycles. The fourth-order valence-corrected chi connectivity index (χ4v) is 5.44. The standard InChI is InChI=1S/C24H32F3O2P/c1-22(2,3)19-9-13-21(14-10-19)30(6,28)16-15-23(4,5)17-18-7-11-20(12-8-18)29-24(25,26)27/h7-14H,15-17H2,1-6H3. The van der Waals surface area contributed by atoms with Gasteiger partial charge in [0.15, 0.2) is 0 Å². The molecule has 2 aromatic rings. The normalized spacial score (nSPS) is 15.0. The number of hydrogen-bond donors (Lipinski definition) is 0. The van der Waals surface area contributed by atoms with Crippen molar-refractivity contribution < 1.29 is 22.5 Å². The number of halogens is 3. The summed E-state index contributed by atoms with van der Waals surface area (Å²) >= 11 is 0. The van der Waals surface area contributed by atoms with Crippen molar-refractivity contribution in [2.45, 2.75) is 59.2 Å². The first-order chi connectivity index (χ1) is 13.6. The highest BCUT2D eigenvalue weighted by molar-refractivity contribution is 7.70. The van der Waals surface area contributed by atoms with E-state index in [1.54, 1.807) is 12.1 Å². The third-order valence-electron chi connectivity index (χ3n) is 5.33. The van der Waals surface area contributed by atoms with Crippen molar-refractivity contribution in [2.24, 2.45) is 5.41 Å². The smallest absolute Gasteiger partial charge is 0.406 e. The maximum atomic E-state index is 13.3. The third-order valence-corrected chi connectivity index (χ3v) is 7.80. The molecule has 0 saturated carbocycles. The maximum Gasteiger partial charge on any atom is 0.573 e. The van der Waals surface area contributed by atoms with E-state index in [0.717, 1.165) is 17.3 Å². The SMILES string of the molecule is CC(C)(CCP(C)(=O)c1ccc(C(C)(C)C)cc1)Cc1ccc(OC(F)(F)F)cc1. The molecule has 30 heavy (non-hydrogen) atoms. The summed E-state index contributed by atoms with van der Waals surface area (Å²) < 4.78 is 54.1. The van der Waals surface area contributed by atoms with Gasteiger partial charge in [-0.15, -0.1) is 13.2 Å². The Kier molecular flexibility index (Phi) is 7.18. The fourth-order valence-electron chi connectivity index (χ4n) is 3.37. The summed E-state index contributed by atoms with van der Waals surface area (Å²) in [5, 5.41) is 0.889. The van der Waals surface area contributed by atoms with Gasteiger partial charge in [-0.3, -0.25) is 0 Å². The molecular weight excluding hydrogens is 408 g/mol. The number of hydrogen-bond acceptors (Lipinski definition) is 2. The van der Waals surface area contributed by atoms with Crippen LogP contribution in [0.25, 0.3) is 0 Å². The highest BCUT2D eigenvalue weighted by Crippen LogP contribution is 2.44. The van der Waals surface area contributed by atoms with Crippen LogP contribution in [-0.2, 0) is 16.4 Å². The summed E-state index contributed by atoms with van der Waals surface area (Å²) in [7, 11) is -2.49. The Morgan fingerprint density at radius 2 is 1.40 bits per heavy atom. The largest absolute Gasteiger partial charge is 0.573 e. The molecule has 2 rings (SSSR count). The molecule has 0 N–H and O–H groups in total. The monoisotopic (exact) mass is 440 g/mol. The molecule has 1 unspecified atom stereocenters. The molecule has 0 bridgehead atoms. The van der Waals surface area contributed by atoms with Crippen molar-refractivity contribution in [3.8, 4) is 5.75 Å². The molecule has 6 heteroatoms. The lowest BCUT2D eigenvalue weighted by molar-refractivity contribution is -0.274. The molecule has 166 valence electrons. The zero-order valence-electron chi connectivity index (χ0n) is 18.6. The van der Waals surface area contributed by atoms with Crippen LogP contribution in [0.5, 0.6) is 5.75 Å². The first-order valence-corrected chi connectivity index (χ1v) is 12.4. The minimum atomic E-state index is -4.69. The van der Waals surface area contributed by atoms with Crippen LogP contribution in [0.1, 0.15) is 52.2 Å². The van der Waals surface area contributed by atoms with Gasteiger partial charge in [0.25, 0.3) is 0 Å². The maximum absolute atomic E-state index is 13.3. The van der Waals surface area contributed by atoms with Crippen LogP contribution in [0, 0.1) is 5.41 Å². The van der Waals surface area contributed by atoms with Crippen LogP contribution in [-0.4, -0.2) is 19.2 Å². The second-order valence-corrected chi connectivity index (χ2v) is 13.1. The van der Waals surface area contributed by atoms with E-state index in [4.69, 9.17) is 0 Å². The average Bonchev–Trinajstić information content (AvgIpc) is 2.60. The molecule has 2 aromatic carbocycles. The van der Waals surface area contributed by atoms with Crippen molar-refractivity contribution in [1.82, 2.24) is 0 Å². The van der Waals surface area contributed by atoms with Gasteiger partial charge in [0, 0.05) is 11.5 Å². The Hall–Kier alpha value is -1.74. The molecule has 0 saturated heterocycles. The Bertz CT molecular complexity index is 877. The molecular formula is C24H32F3O2P. The highest BCUT2D eigenvalue weighted by atomic mass is 31.2. The first kappa shape index (κ1) is 24.5. The van der Waals surface area contributed by atoms with E-state index in [2.05, 4.69) is 51.5 Å². The van der Waals surface area contributed by atoms with E-state index < -0.39 is 13.5 Å². The minimum absolute atomic E-state index is 0.0545. The number of benzene rings is 2. The predicted octanol–water partition coefficient (Wildman–Crippen LogP) is 7.16. The molecule has 0 amide bonds. The van der Waals surface area contributed by atoms with Crippen LogP contribution in [0.3, 0.4) is 0 Å². The molecule has 0 spiro atoms. The first-order valence-electron chi connectivity index (χ1n) is 10.1. The lowest BCUT2D eigenvalue weighted by Crippen LogP contribution is -2.19. The van der Waals surface area contributed by atoms with Crippen LogP contribution in [0.4, 0.5) is 13.2 Å². The summed E-state index contributed by atoms with van der Waals surface area (Å²) in [6.45, 7) is 12.5. The van der Waals surface area contributed by atoms with Gasteiger partial charge in [-0.25, -0.2) is 0 Å². The molecule has 0 heterocycles. The Morgan fingerprint density at radius 3 is 1.87 bits per heavy atom. The van der Waals surface area contributed by atoms with E-state index >= 15 is 0 Å². The van der Waals surface area contributed by atoms with Crippen LogP contribution >= 0.6 is 7.14 Å². The van der Waals surface area contributed by atoms with Crippen LogP contribution < -0.4 is 10.0 Å². The summed E-state index contributed by atoms with van der Waals surface area (Å²) in [5.74, 6) is -0.221. The predicted molar refractivity (Wildman–Crippen MR) is 118 cm³/mol. The van der Waals surface area contributed by atoms with Crippen molar-refractivity contribution >= 4 is 12.4 Å². The average molecular weight is 440 g/mol. The molecule has 0 aliphatic heterocycles. The molecule has 0 aromatic heterocycles.